The van der Waals surface area contributed by atoms with Crippen LogP contribution in [0.5, 0.6) is 0 Å². The topological polar surface area (TPSA) is 57.3 Å². The molecule has 2 N–H and O–H groups in total. The van der Waals surface area contributed by atoms with Crippen molar-refractivity contribution in [3.05, 3.63) is 59.8 Å². The summed E-state index contributed by atoms with van der Waals surface area (Å²) in [5, 5.41) is 7.52. The molecule has 0 spiro atoms. The summed E-state index contributed by atoms with van der Waals surface area (Å²) < 4.78 is 0. The van der Waals surface area contributed by atoms with E-state index in [4.69, 9.17) is 0 Å². The highest BCUT2D eigenvalue weighted by Crippen LogP contribution is 2.28. The first-order chi connectivity index (χ1) is 12.4. The molecule has 0 bridgehead atoms. The molecule has 3 rings (SSSR count). The Kier molecular flexibility index (Phi) is 5.19. The number of carbonyl (C=O) groups excluding carboxylic acids is 1. The number of para-hydroxylation sites is 1. The number of hydrogen-bond donors (Lipinski definition) is 2. The van der Waals surface area contributed by atoms with E-state index < -0.39 is 0 Å². The zero-order valence-electron chi connectivity index (χ0n) is 15.6. The quantitative estimate of drug-likeness (QED) is 0.729. The van der Waals surface area contributed by atoms with Gasteiger partial charge in [-0.05, 0) is 57.8 Å². The molecule has 0 saturated heterocycles. The summed E-state index contributed by atoms with van der Waals surface area (Å²) in [5.41, 5.74) is 5.68. The Balaban J connectivity index is 1.89. The van der Waals surface area contributed by atoms with Crippen molar-refractivity contribution in [1.29, 1.82) is 0 Å². The van der Waals surface area contributed by atoms with Gasteiger partial charge in [0.15, 0.2) is 0 Å². The molecule has 0 atom stereocenters. The number of nitrogens with zero attached hydrogens (tertiary/aromatic N) is 2. The van der Waals surface area contributed by atoms with Crippen LogP contribution in [0.15, 0.2) is 48.5 Å². The Hall–Kier alpha value is -2.92. The van der Waals surface area contributed by atoms with Crippen LogP contribution in [0.2, 0.25) is 0 Å². The average Bonchev–Trinajstić information content (AvgIpc) is 2.57. The van der Waals surface area contributed by atoms with Crippen molar-refractivity contribution in [3.63, 3.8) is 0 Å². The Morgan fingerprint density at radius 3 is 2.58 bits per heavy atom. The zero-order chi connectivity index (χ0) is 18.7. The van der Waals surface area contributed by atoms with Crippen molar-refractivity contribution >= 4 is 33.9 Å². The van der Waals surface area contributed by atoms with Gasteiger partial charge in [0.2, 0.25) is 5.91 Å². The molecule has 5 nitrogen and oxygen atoms in total. The summed E-state index contributed by atoms with van der Waals surface area (Å²) in [4.78, 5) is 18.5. The van der Waals surface area contributed by atoms with E-state index in [2.05, 4.69) is 21.7 Å². The number of pyridine rings is 1. The summed E-state index contributed by atoms with van der Waals surface area (Å²) in [6.07, 6.45) is 0. The van der Waals surface area contributed by atoms with Gasteiger partial charge >= 0.3 is 0 Å². The van der Waals surface area contributed by atoms with E-state index in [1.165, 1.54) is 0 Å². The van der Waals surface area contributed by atoms with Crippen LogP contribution >= 0.6 is 0 Å². The first-order valence-electron chi connectivity index (χ1n) is 8.61. The molecule has 0 saturated carbocycles. The van der Waals surface area contributed by atoms with Crippen molar-refractivity contribution in [3.8, 4) is 0 Å². The Labute approximate surface area is 154 Å². The minimum absolute atomic E-state index is 0.0274. The number of anilines is 3. The summed E-state index contributed by atoms with van der Waals surface area (Å²) in [5.74, 6) is -0.0274. The van der Waals surface area contributed by atoms with E-state index in [1.807, 2.05) is 75.3 Å². The molecular formula is C21H24N4O. The number of rotatable bonds is 5. The molecule has 5 heteroatoms. The molecule has 0 radical (unpaired) electrons. The molecule has 1 aromatic heterocycles. The van der Waals surface area contributed by atoms with Crippen molar-refractivity contribution in [1.82, 2.24) is 9.88 Å². The van der Waals surface area contributed by atoms with Gasteiger partial charge in [0.05, 0.1) is 12.1 Å². The maximum atomic E-state index is 12.1. The Morgan fingerprint density at radius 2 is 1.81 bits per heavy atom. The minimum atomic E-state index is -0.0274. The number of nitrogens with one attached hydrogen (secondary N) is 2. The maximum Gasteiger partial charge on any atom is 0.238 e. The summed E-state index contributed by atoms with van der Waals surface area (Å²) in [7, 11) is 3.75. The molecule has 0 aliphatic heterocycles. The van der Waals surface area contributed by atoms with Crippen LogP contribution < -0.4 is 10.6 Å². The molecule has 134 valence electrons. The Morgan fingerprint density at radius 1 is 1.04 bits per heavy atom. The van der Waals surface area contributed by atoms with Crippen LogP contribution in [0.3, 0.4) is 0 Å². The van der Waals surface area contributed by atoms with Gasteiger partial charge in [-0.2, -0.15) is 0 Å². The molecule has 0 unspecified atom stereocenters. The number of aromatic nitrogens is 1. The van der Waals surface area contributed by atoms with Gasteiger partial charge in [0.1, 0.15) is 0 Å². The SMILES string of the molecule is Cc1cc(Nc2ccc(C)c(NC(=O)CN(C)C)c2)c2ccccc2n1. The second-order valence-corrected chi connectivity index (χ2v) is 6.77. The maximum absolute atomic E-state index is 12.1. The third kappa shape index (κ3) is 4.18. The number of hydrogen-bond acceptors (Lipinski definition) is 4. The molecule has 3 aromatic rings. The van der Waals surface area contributed by atoms with E-state index in [0.29, 0.717) is 6.54 Å². The van der Waals surface area contributed by atoms with E-state index in [9.17, 15) is 4.79 Å². The standard InChI is InChI=1S/C21H24N4O/c1-14-9-10-16(12-19(14)24-21(26)13-25(3)4)23-20-11-15(2)22-18-8-6-5-7-17(18)20/h5-12H,13H2,1-4H3,(H,22,23)(H,24,26). The lowest BCUT2D eigenvalue weighted by Gasteiger charge is -2.15. The second kappa shape index (κ2) is 7.54. The summed E-state index contributed by atoms with van der Waals surface area (Å²) in [6.45, 7) is 4.33. The number of amides is 1. The monoisotopic (exact) mass is 348 g/mol. The summed E-state index contributed by atoms with van der Waals surface area (Å²) >= 11 is 0. The van der Waals surface area contributed by atoms with Crippen LogP contribution in [0.4, 0.5) is 17.1 Å². The first kappa shape index (κ1) is 17.9. The highest BCUT2D eigenvalue weighted by atomic mass is 16.2. The number of likely N-dealkylation sites (N-methyl/N-ethyl adjacent to an activating group) is 1. The largest absolute Gasteiger partial charge is 0.355 e. The molecule has 1 heterocycles. The molecule has 0 aliphatic carbocycles. The first-order valence-corrected chi connectivity index (χ1v) is 8.61. The lowest BCUT2D eigenvalue weighted by Crippen LogP contribution is -2.27. The molecule has 26 heavy (non-hydrogen) atoms. The fourth-order valence-corrected chi connectivity index (χ4v) is 2.88. The molecule has 0 aliphatic rings. The fourth-order valence-electron chi connectivity index (χ4n) is 2.88. The summed E-state index contributed by atoms with van der Waals surface area (Å²) in [6, 6.07) is 16.1. The van der Waals surface area contributed by atoms with Gasteiger partial charge in [-0.3, -0.25) is 9.78 Å². The predicted molar refractivity (Wildman–Crippen MR) is 108 cm³/mol. The highest BCUT2D eigenvalue weighted by Gasteiger charge is 2.09. The van der Waals surface area contributed by atoms with Crippen LogP contribution in [0.25, 0.3) is 10.9 Å². The van der Waals surface area contributed by atoms with E-state index in [1.54, 1.807) is 0 Å². The van der Waals surface area contributed by atoms with Gasteiger partial charge in [-0.25, -0.2) is 0 Å². The van der Waals surface area contributed by atoms with Crippen LogP contribution in [0.1, 0.15) is 11.3 Å². The van der Waals surface area contributed by atoms with Crippen LogP contribution in [-0.4, -0.2) is 36.4 Å². The van der Waals surface area contributed by atoms with Gasteiger partial charge < -0.3 is 15.5 Å². The molecule has 1 amide bonds. The van der Waals surface area contributed by atoms with Crippen LogP contribution in [0, 0.1) is 13.8 Å². The van der Waals surface area contributed by atoms with Crippen molar-refractivity contribution in [2.24, 2.45) is 0 Å². The fraction of sp³-hybridized carbons (Fsp3) is 0.238. The van der Waals surface area contributed by atoms with Gasteiger partial charge in [-0.15, -0.1) is 0 Å². The van der Waals surface area contributed by atoms with E-state index >= 15 is 0 Å². The smallest absolute Gasteiger partial charge is 0.238 e. The number of benzene rings is 2. The second-order valence-electron chi connectivity index (χ2n) is 6.77. The van der Waals surface area contributed by atoms with Crippen LogP contribution in [-0.2, 0) is 4.79 Å². The third-order valence-corrected chi connectivity index (χ3v) is 4.09. The lowest BCUT2D eigenvalue weighted by molar-refractivity contribution is -0.116. The van der Waals surface area contributed by atoms with E-state index in [-0.39, 0.29) is 5.91 Å². The third-order valence-electron chi connectivity index (χ3n) is 4.09. The number of aryl methyl sites for hydroxylation is 2. The van der Waals surface area contributed by atoms with Gasteiger partial charge in [0, 0.05) is 28.1 Å². The normalized spacial score (nSPS) is 11.0. The average molecular weight is 348 g/mol. The zero-order valence-corrected chi connectivity index (χ0v) is 15.6. The van der Waals surface area contributed by atoms with Gasteiger partial charge in [0.25, 0.3) is 0 Å². The van der Waals surface area contributed by atoms with Crippen molar-refractivity contribution in [2.75, 3.05) is 31.3 Å². The molecular weight excluding hydrogens is 324 g/mol. The molecule has 0 fully saturated rings. The molecule has 2 aromatic carbocycles. The van der Waals surface area contributed by atoms with E-state index in [0.717, 1.165) is 39.2 Å². The lowest BCUT2D eigenvalue weighted by atomic mass is 10.1. The number of carbonyl (C=O) groups is 1. The highest BCUT2D eigenvalue weighted by molar-refractivity contribution is 5.95. The minimum Gasteiger partial charge on any atom is -0.355 e. The van der Waals surface area contributed by atoms with Gasteiger partial charge in [-0.1, -0.05) is 24.3 Å². The number of fused-ring (bicyclic) bond motifs is 1. The van der Waals surface area contributed by atoms with Crippen molar-refractivity contribution in [2.45, 2.75) is 13.8 Å². The van der Waals surface area contributed by atoms with Crippen molar-refractivity contribution < 1.29 is 4.79 Å². The Bertz CT molecular complexity index is 950. The predicted octanol–water partition coefficient (Wildman–Crippen LogP) is 4.10.